The van der Waals surface area contributed by atoms with E-state index in [0.29, 0.717) is 27.8 Å². The van der Waals surface area contributed by atoms with Crippen LogP contribution in [0.3, 0.4) is 0 Å². The zero-order valence-corrected chi connectivity index (χ0v) is 14.8. The van der Waals surface area contributed by atoms with Crippen LogP contribution in [0.4, 0.5) is 5.69 Å². The van der Waals surface area contributed by atoms with Crippen LogP contribution in [0, 0.1) is 18.3 Å². The Morgan fingerprint density at radius 3 is 2.52 bits per heavy atom. The molecule has 0 fully saturated rings. The topological polar surface area (TPSA) is 71.3 Å². The maximum absolute atomic E-state index is 12.4. The van der Waals surface area contributed by atoms with Crippen LogP contribution in [0.5, 0.6) is 11.5 Å². The highest BCUT2D eigenvalue weighted by molar-refractivity contribution is 6.31. The first kappa shape index (κ1) is 18.4. The fraction of sp³-hybridized carbons (Fsp3) is 0.158. The zero-order chi connectivity index (χ0) is 18.4. The second-order valence-electron chi connectivity index (χ2n) is 5.20. The molecule has 25 heavy (non-hydrogen) atoms. The molecule has 128 valence electrons. The van der Waals surface area contributed by atoms with Crippen LogP contribution in [0.15, 0.2) is 42.0 Å². The summed E-state index contributed by atoms with van der Waals surface area (Å²) in [4.78, 5) is 12.4. The lowest BCUT2D eigenvalue weighted by molar-refractivity contribution is -0.112. The third-order valence-electron chi connectivity index (χ3n) is 3.52. The number of carbonyl (C=O) groups excluding carboxylic acids is 1. The number of halogens is 1. The number of carbonyl (C=O) groups is 1. The molecule has 0 saturated heterocycles. The minimum atomic E-state index is -0.553. The van der Waals surface area contributed by atoms with Crippen LogP contribution in [-0.2, 0) is 4.79 Å². The number of ether oxygens (including phenoxy) is 2. The molecule has 0 saturated carbocycles. The Bertz CT molecular complexity index is 869. The van der Waals surface area contributed by atoms with Gasteiger partial charge in [0.2, 0.25) is 0 Å². The van der Waals surface area contributed by atoms with E-state index in [2.05, 4.69) is 5.32 Å². The Hall–Kier alpha value is -2.97. The van der Waals surface area contributed by atoms with E-state index in [0.717, 1.165) is 5.56 Å². The minimum absolute atomic E-state index is 0.0482. The highest BCUT2D eigenvalue weighted by atomic mass is 35.5. The molecule has 5 nitrogen and oxygen atoms in total. The fourth-order valence-corrected chi connectivity index (χ4v) is 2.38. The summed E-state index contributed by atoms with van der Waals surface area (Å²) < 4.78 is 10.4. The van der Waals surface area contributed by atoms with E-state index in [1.165, 1.54) is 13.2 Å². The van der Waals surface area contributed by atoms with Crippen molar-refractivity contribution in [2.45, 2.75) is 6.92 Å². The number of nitrogens with one attached hydrogen (secondary N) is 1. The summed E-state index contributed by atoms with van der Waals surface area (Å²) in [7, 11) is 3.05. The van der Waals surface area contributed by atoms with Gasteiger partial charge in [-0.3, -0.25) is 4.79 Å². The molecule has 0 unspecified atom stereocenters. The Kier molecular flexibility index (Phi) is 6.04. The third-order valence-corrected chi connectivity index (χ3v) is 3.75. The standard InChI is InChI=1S/C19H17ClN2O3/c1-12-4-5-13(9-18(12)25-3)8-14(11-21)19(23)22-16-10-15(20)6-7-17(16)24-2/h4-10H,1-3H3,(H,22,23)/b14-8+. The number of hydrogen-bond donors (Lipinski definition) is 1. The number of aryl methyl sites for hydroxylation is 1. The van der Waals surface area contributed by atoms with Crippen molar-refractivity contribution in [3.05, 3.63) is 58.1 Å². The summed E-state index contributed by atoms with van der Waals surface area (Å²) in [6.07, 6.45) is 1.49. The molecule has 0 aliphatic heterocycles. The Morgan fingerprint density at radius 1 is 1.16 bits per heavy atom. The monoisotopic (exact) mass is 356 g/mol. The van der Waals surface area contributed by atoms with Crippen molar-refractivity contribution in [2.75, 3.05) is 19.5 Å². The van der Waals surface area contributed by atoms with Gasteiger partial charge in [0.25, 0.3) is 5.91 Å². The molecule has 0 heterocycles. The van der Waals surface area contributed by atoms with Gasteiger partial charge in [0.05, 0.1) is 19.9 Å². The second-order valence-corrected chi connectivity index (χ2v) is 5.63. The van der Waals surface area contributed by atoms with Gasteiger partial charge in [-0.1, -0.05) is 23.7 Å². The number of anilines is 1. The van der Waals surface area contributed by atoms with Crippen LogP contribution in [0.2, 0.25) is 5.02 Å². The maximum atomic E-state index is 12.4. The number of nitrogens with zero attached hydrogens (tertiary/aromatic N) is 1. The average Bonchev–Trinajstić information content (AvgIpc) is 2.61. The zero-order valence-electron chi connectivity index (χ0n) is 14.1. The van der Waals surface area contributed by atoms with Gasteiger partial charge >= 0.3 is 0 Å². The van der Waals surface area contributed by atoms with E-state index in [1.807, 2.05) is 25.1 Å². The number of methoxy groups -OCH3 is 2. The highest BCUT2D eigenvalue weighted by Gasteiger charge is 2.13. The van der Waals surface area contributed by atoms with Crippen molar-refractivity contribution < 1.29 is 14.3 Å². The molecule has 0 aromatic heterocycles. The summed E-state index contributed by atoms with van der Waals surface area (Å²) in [5, 5.41) is 12.4. The second kappa shape index (κ2) is 8.22. The van der Waals surface area contributed by atoms with E-state index in [4.69, 9.17) is 21.1 Å². The first-order valence-corrected chi connectivity index (χ1v) is 7.77. The fourth-order valence-electron chi connectivity index (χ4n) is 2.21. The van der Waals surface area contributed by atoms with E-state index in [9.17, 15) is 10.1 Å². The molecule has 6 heteroatoms. The number of hydrogen-bond acceptors (Lipinski definition) is 4. The van der Waals surface area contributed by atoms with Crippen molar-refractivity contribution in [3.8, 4) is 17.6 Å². The summed E-state index contributed by atoms with van der Waals surface area (Å²) in [5.74, 6) is 0.581. The number of rotatable bonds is 5. The summed E-state index contributed by atoms with van der Waals surface area (Å²) in [5.41, 5.74) is 1.99. The lowest BCUT2D eigenvalue weighted by Crippen LogP contribution is -2.14. The van der Waals surface area contributed by atoms with Gasteiger partial charge < -0.3 is 14.8 Å². The first-order valence-electron chi connectivity index (χ1n) is 7.39. The van der Waals surface area contributed by atoms with Crippen LogP contribution in [-0.4, -0.2) is 20.1 Å². The van der Waals surface area contributed by atoms with Crippen LogP contribution >= 0.6 is 11.6 Å². The molecule has 2 aromatic carbocycles. The number of nitriles is 1. The molecule has 0 atom stereocenters. The summed E-state index contributed by atoms with van der Waals surface area (Å²) in [6.45, 7) is 1.91. The molecule has 2 aromatic rings. The number of benzene rings is 2. The van der Waals surface area contributed by atoms with Crippen molar-refractivity contribution in [1.82, 2.24) is 0 Å². The Morgan fingerprint density at radius 2 is 1.88 bits per heavy atom. The summed E-state index contributed by atoms with van der Waals surface area (Å²) in [6, 6.07) is 12.2. The van der Waals surface area contributed by atoms with Crippen molar-refractivity contribution in [3.63, 3.8) is 0 Å². The van der Waals surface area contributed by atoms with E-state index >= 15 is 0 Å². The lowest BCUT2D eigenvalue weighted by Gasteiger charge is -2.10. The van der Waals surface area contributed by atoms with Crippen molar-refractivity contribution in [1.29, 1.82) is 5.26 Å². The van der Waals surface area contributed by atoms with Gasteiger partial charge in [0.1, 0.15) is 23.1 Å². The van der Waals surface area contributed by atoms with Crippen molar-refractivity contribution >= 4 is 29.3 Å². The molecule has 2 rings (SSSR count). The van der Waals surface area contributed by atoms with Gasteiger partial charge in [-0.15, -0.1) is 0 Å². The Balaban J connectivity index is 2.30. The van der Waals surface area contributed by atoms with E-state index < -0.39 is 5.91 Å². The molecule has 1 N–H and O–H groups in total. The molecule has 0 aliphatic rings. The Labute approximate surface area is 151 Å². The lowest BCUT2D eigenvalue weighted by atomic mass is 10.1. The first-order chi connectivity index (χ1) is 12.0. The molecular formula is C19H17ClN2O3. The molecule has 1 amide bonds. The predicted molar refractivity (Wildman–Crippen MR) is 98.0 cm³/mol. The largest absolute Gasteiger partial charge is 0.496 e. The van der Waals surface area contributed by atoms with Gasteiger partial charge in [0, 0.05) is 5.02 Å². The van der Waals surface area contributed by atoms with E-state index in [-0.39, 0.29) is 5.57 Å². The molecule has 0 bridgehead atoms. The van der Waals surface area contributed by atoms with Crippen LogP contribution in [0.25, 0.3) is 6.08 Å². The quantitative estimate of drug-likeness (QED) is 0.643. The van der Waals surface area contributed by atoms with Gasteiger partial charge in [-0.25, -0.2) is 0 Å². The molecule has 0 spiro atoms. The molecule has 0 radical (unpaired) electrons. The SMILES string of the molecule is COc1cc(/C=C(\C#N)C(=O)Nc2cc(Cl)ccc2OC)ccc1C. The predicted octanol–water partition coefficient (Wildman–Crippen LogP) is 4.21. The van der Waals surface area contributed by atoms with Crippen LogP contribution in [0.1, 0.15) is 11.1 Å². The van der Waals surface area contributed by atoms with Crippen molar-refractivity contribution in [2.24, 2.45) is 0 Å². The highest BCUT2D eigenvalue weighted by Crippen LogP contribution is 2.28. The average molecular weight is 357 g/mol. The molecular weight excluding hydrogens is 340 g/mol. The molecule has 0 aliphatic carbocycles. The normalized spacial score (nSPS) is 10.8. The number of amides is 1. The van der Waals surface area contributed by atoms with E-state index in [1.54, 1.807) is 31.4 Å². The maximum Gasteiger partial charge on any atom is 0.266 e. The van der Waals surface area contributed by atoms with Gasteiger partial charge in [0.15, 0.2) is 0 Å². The van der Waals surface area contributed by atoms with Gasteiger partial charge in [-0.05, 0) is 48.4 Å². The van der Waals surface area contributed by atoms with Gasteiger partial charge in [-0.2, -0.15) is 5.26 Å². The van der Waals surface area contributed by atoms with Crippen LogP contribution < -0.4 is 14.8 Å². The third kappa shape index (κ3) is 4.52. The minimum Gasteiger partial charge on any atom is -0.496 e. The smallest absolute Gasteiger partial charge is 0.266 e. The summed E-state index contributed by atoms with van der Waals surface area (Å²) >= 11 is 5.95.